The van der Waals surface area contributed by atoms with Crippen LogP contribution in [0.4, 0.5) is 5.13 Å². The lowest BCUT2D eigenvalue weighted by atomic mass is 9.96. The summed E-state index contributed by atoms with van der Waals surface area (Å²) < 4.78 is 2.16. The summed E-state index contributed by atoms with van der Waals surface area (Å²) in [7, 11) is -1.40. The lowest BCUT2D eigenvalue weighted by molar-refractivity contribution is -0.123. The van der Waals surface area contributed by atoms with E-state index in [-0.39, 0.29) is 5.91 Å². The first-order valence-electron chi connectivity index (χ1n) is 5.50. The van der Waals surface area contributed by atoms with E-state index in [2.05, 4.69) is 45.9 Å². The third-order valence-corrected chi connectivity index (χ3v) is 7.90. The van der Waals surface area contributed by atoms with Crippen LogP contribution in [0.25, 0.3) is 0 Å². The molecule has 0 saturated carbocycles. The molecule has 0 aliphatic rings. The highest BCUT2D eigenvalue weighted by molar-refractivity contribution is 9.10. The zero-order valence-electron chi connectivity index (χ0n) is 11.1. The fraction of sp³-hybridized carbons (Fsp3) is 0.636. The molecule has 96 valence electrons. The predicted octanol–water partition coefficient (Wildman–Crippen LogP) is 3.44. The molecule has 3 nitrogen and oxygen atoms in total. The molecule has 0 spiro atoms. The Morgan fingerprint density at radius 3 is 2.24 bits per heavy atom. The maximum absolute atomic E-state index is 11.9. The van der Waals surface area contributed by atoms with Gasteiger partial charge in [-0.25, -0.2) is 4.98 Å². The Kier molecular flexibility index (Phi) is 4.21. The second-order valence-corrected chi connectivity index (χ2v) is 13.2. The number of hydrogen-bond acceptors (Lipinski definition) is 3. The van der Waals surface area contributed by atoms with Gasteiger partial charge in [0.2, 0.25) is 5.91 Å². The van der Waals surface area contributed by atoms with Gasteiger partial charge < -0.3 is 5.32 Å². The quantitative estimate of drug-likeness (QED) is 0.842. The van der Waals surface area contributed by atoms with Crippen molar-refractivity contribution >= 4 is 50.9 Å². The van der Waals surface area contributed by atoms with E-state index in [0.717, 1.165) is 4.60 Å². The third kappa shape index (κ3) is 3.89. The van der Waals surface area contributed by atoms with Gasteiger partial charge in [0.05, 0.1) is 8.07 Å². The molecule has 1 amide bonds. The van der Waals surface area contributed by atoms with E-state index in [1.165, 1.54) is 4.50 Å². The van der Waals surface area contributed by atoms with E-state index in [9.17, 15) is 4.79 Å². The zero-order valence-corrected chi connectivity index (χ0v) is 14.5. The largest absolute Gasteiger partial charge is 0.301 e. The molecule has 0 aromatic carbocycles. The molecule has 0 saturated heterocycles. The van der Waals surface area contributed by atoms with Gasteiger partial charge in [0, 0.05) is 9.92 Å². The smallest absolute Gasteiger partial charge is 0.231 e. The number of rotatable bonds is 2. The standard InChI is InChI=1S/C11H19BrN2OSSi/c1-11(2,3)9(15)14-10-13-7(12)8(16-10)17(4,5)6/h1-6H3,(H,13,14,15). The molecule has 17 heavy (non-hydrogen) atoms. The van der Waals surface area contributed by atoms with Crippen LogP contribution < -0.4 is 9.82 Å². The van der Waals surface area contributed by atoms with Crippen LogP contribution in [0.3, 0.4) is 0 Å². The minimum absolute atomic E-state index is 0.000811. The monoisotopic (exact) mass is 334 g/mol. The lowest BCUT2D eigenvalue weighted by Gasteiger charge is -2.16. The van der Waals surface area contributed by atoms with Crippen molar-refractivity contribution in [1.82, 2.24) is 4.98 Å². The van der Waals surface area contributed by atoms with Crippen molar-refractivity contribution in [1.29, 1.82) is 0 Å². The second kappa shape index (κ2) is 4.82. The van der Waals surface area contributed by atoms with Gasteiger partial charge in [-0.15, -0.1) is 11.3 Å². The predicted molar refractivity (Wildman–Crippen MR) is 80.9 cm³/mol. The number of carbonyl (C=O) groups excluding carboxylic acids is 1. The van der Waals surface area contributed by atoms with Crippen molar-refractivity contribution in [3.05, 3.63) is 4.60 Å². The number of amides is 1. The SMILES string of the molecule is CC(C)(C)C(=O)Nc1nc(Br)c([Si](C)(C)C)s1. The lowest BCUT2D eigenvalue weighted by Crippen LogP contribution is -2.36. The normalized spacial score (nSPS) is 12.6. The molecule has 1 N–H and O–H groups in total. The Morgan fingerprint density at radius 1 is 1.35 bits per heavy atom. The van der Waals surface area contributed by atoms with E-state index < -0.39 is 13.5 Å². The fourth-order valence-electron chi connectivity index (χ4n) is 1.10. The van der Waals surface area contributed by atoms with E-state index in [1.54, 1.807) is 11.3 Å². The van der Waals surface area contributed by atoms with Crippen LogP contribution in [0, 0.1) is 5.41 Å². The number of thiazole rings is 1. The maximum atomic E-state index is 11.9. The maximum Gasteiger partial charge on any atom is 0.231 e. The highest BCUT2D eigenvalue weighted by atomic mass is 79.9. The zero-order chi connectivity index (χ0) is 13.4. The summed E-state index contributed by atoms with van der Waals surface area (Å²) in [6.45, 7) is 12.5. The number of anilines is 1. The Hall–Kier alpha value is -0.203. The number of halogens is 1. The first kappa shape index (κ1) is 14.9. The second-order valence-electron chi connectivity index (χ2n) is 6.09. The summed E-state index contributed by atoms with van der Waals surface area (Å²) in [4.78, 5) is 16.2. The highest BCUT2D eigenvalue weighted by Gasteiger charge is 2.26. The van der Waals surface area contributed by atoms with Crippen molar-refractivity contribution in [2.75, 3.05) is 5.32 Å². The number of nitrogens with one attached hydrogen (secondary N) is 1. The Morgan fingerprint density at radius 2 is 1.88 bits per heavy atom. The fourth-order valence-corrected chi connectivity index (χ4v) is 6.22. The van der Waals surface area contributed by atoms with Crippen molar-refractivity contribution in [3.8, 4) is 0 Å². The number of hydrogen-bond donors (Lipinski definition) is 1. The van der Waals surface area contributed by atoms with Crippen LogP contribution in [-0.4, -0.2) is 19.0 Å². The summed E-state index contributed by atoms with van der Waals surface area (Å²) in [5.41, 5.74) is -0.391. The molecule has 1 aromatic heterocycles. The van der Waals surface area contributed by atoms with Crippen LogP contribution in [0.5, 0.6) is 0 Å². The van der Waals surface area contributed by atoms with Gasteiger partial charge in [0.15, 0.2) is 5.13 Å². The van der Waals surface area contributed by atoms with Gasteiger partial charge in [-0.1, -0.05) is 40.4 Å². The topological polar surface area (TPSA) is 42.0 Å². The minimum atomic E-state index is -1.40. The minimum Gasteiger partial charge on any atom is -0.301 e. The molecular formula is C11H19BrN2OSSi. The van der Waals surface area contributed by atoms with Crippen molar-refractivity contribution in [3.63, 3.8) is 0 Å². The third-order valence-electron chi connectivity index (χ3n) is 2.17. The van der Waals surface area contributed by atoms with Gasteiger partial charge in [-0.3, -0.25) is 4.79 Å². The molecule has 0 aliphatic carbocycles. The molecule has 6 heteroatoms. The van der Waals surface area contributed by atoms with Gasteiger partial charge in [0.25, 0.3) is 0 Å². The van der Waals surface area contributed by atoms with Gasteiger partial charge in [0.1, 0.15) is 4.60 Å². The number of carbonyl (C=O) groups is 1. The van der Waals surface area contributed by atoms with E-state index in [0.29, 0.717) is 5.13 Å². The molecule has 0 atom stereocenters. The molecule has 0 bridgehead atoms. The number of aromatic nitrogens is 1. The van der Waals surface area contributed by atoms with Gasteiger partial charge >= 0.3 is 0 Å². The van der Waals surface area contributed by atoms with Crippen LogP contribution in [-0.2, 0) is 4.79 Å². The Labute approximate surface area is 116 Å². The van der Waals surface area contributed by atoms with E-state index >= 15 is 0 Å². The van der Waals surface area contributed by atoms with Crippen molar-refractivity contribution in [2.24, 2.45) is 5.41 Å². The summed E-state index contributed by atoms with van der Waals surface area (Å²) >= 11 is 5.06. The Bertz CT molecular complexity index is 432. The Balaban J connectivity index is 2.93. The first-order valence-corrected chi connectivity index (χ1v) is 10.6. The molecule has 0 unspecified atom stereocenters. The van der Waals surface area contributed by atoms with E-state index in [1.807, 2.05) is 20.8 Å². The molecule has 1 rings (SSSR count). The summed E-state index contributed by atoms with van der Waals surface area (Å²) in [5.74, 6) is 0.000811. The molecule has 1 heterocycles. The van der Waals surface area contributed by atoms with Crippen molar-refractivity contribution in [2.45, 2.75) is 40.4 Å². The summed E-state index contributed by atoms with van der Waals surface area (Å²) in [6, 6.07) is 0. The highest BCUT2D eigenvalue weighted by Crippen LogP contribution is 2.24. The molecule has 1 aromatic rings. The van der Waals surface area contributed by atoms with Crippen LogP contribution in [0.1, 0.15) is 20.8 Å². The van der Waals surface area contributed by atoms with Gasteiger partial charge in [-0.05, 0) is 15.9 Å². The molecule has 0 radical (unpaired) electrons. The van der Waals surface area contributed by atoms with Gasteiger partial charge in [-0.2, -0.15) is 0 Å². The average Bonchev–Trinajstić information content (AvgIpc) is 2.44. The van der Waals surface area contributed by atoms with Crippen LogP contribution >= 0.6 is 27.3 Å². The van der Waals surface area contributed by atoms with Crippen LogP contribution in [0.2, 0.25) is 19.6 Å². The molecule has 0 fully saturated rings. The van der Waals surface area contributed by atoms with Crippen molar-refractivity contribution < 1.29 is 4.79 Å². The van der Waals surface area contributed by atoms with E-state index in [4.69, 9.17) is 0 Å². The summed E-state index contributed by atoms with van der Waals surface area (Å²) in [5, 5.41) is 3.56. The molecular weight excluding hydrogens is 316 g/mol. The number of nitrogens with zero attached hydrogens (tertiary/aromatic N) is 1. The van der Waals surface area contributed by atoms with Crippen LogP contribution in [0.15, 0.2) is 4.60 Å². The molecule has 0 aliphatic heterocycles. The first-order chi connectivity index (χ1) is 7.51. The average molecular weight is 335 g/mol. The summed E-state index contributed by atoms with van der Waals surface area (Å²) in [6.07, 6.45) is 0.